The molecule has 0 unspecified atom stereocenters. The van der Waals surface area contributed by atoms with E-state index in [4.69, 9.17) is 5.11 Å². The predicted octanol–water partition coefficient (Wildman–Crippen LogP) is 1.59. The monoisotopic (exact) mass is 384 g/mol. The number of benzene rings is 1. The zero-order valence-electron chi connectivity index (χ0n) is 10.6. The molecule has 0 radical (unpaired) electrons. The highest BCUT2D eigenvalue weighted by molar-refractivity contribution is 9.10. The number of carboxylic acids is 1. The Morgan fingerprint density at radius 1 is 1.52 bits per heavy atom. The fraction of sp³-hybridized carbons (Fsp3) is 0.300. The molecule has 0 spiro atoms. The van der Waals surface area contributed by atoms with Gasteiger partial charge in [-0.15, -0.1) is 0 Å². The number of carboxylic acid groups (broad SMARTS) is 1. The Labute approximate surface area is 127 Å². The van der Waals surface area contributed by atoms with Gasteiger partial charge in [-0.2, -0.15) is 0 Å². The molecule has 1 rings (SSSR count). The Bertz CT molecular complexity index is 693. The minimum Gasteiger partial charge on any atom is -0.481 e. The second-order valence-electron chi connectivity index (χ2n) is 3.96. The van der Waals surface area contributed by atoms with Crippen molar-refractivity contribution in [2.24, 2.45) is 0 Å². The molecule has 0 bridgehead atoms. The van der Waals surface area contributed by atoms with Gasteiger partial charge in [0.25, 0.3) is 5.69 Å². The minimum atomic E-state index is -4.32. The van der Waals surface area contributed by atoms with E-state index in [1.807, 2.05) is 0 Å². The van der Waals surface area contributed by atoms with Crippen LogP contribution >= 0.6 is 15.9 Å². The van der Waals surface area contributed by atoms with E-state index in [1.54, 1.807) is 0 Å². The number of halogens is 2. The molecule has 1 aromatic carbocycles. The largest absolute Gasteiger partial charge is 0.481 e. The highest BCUT2D eigenvalue weighted by Gasteiger charge is 2.31. The molecule has 0 aliphatic carbocycles. The fourth-order valence-corrected chi connectivity index (χ4v) is 3.24. The van der Waals surface area contributed by atoms with E-state index in [0.717, 1.165) is 13.1 Å². The van der Waals surface area contributed by atoms with E-state index < -0.39 is 43.7 Å². The van der Waals surface area contributed by atoms with Crippen molar-refractivity contribution in [3.8, 4) is 0 Å². The molecule has 0 aromatic heterocycles. The van der Waals surface area contributed by atoms with Gasteiger partial charge in [-0.1, -0.05) is 0 Å². The Morgan fingerprint density at radius 3 is 2.57 bits per heavy atom. The molecule has 0 fully saturated rings. The van der Waals surface area contributed by atoms with E-state index in [-0.39, 0.29) is 11.0 Å². The van der Waals surface area contributed by atoms with Gasteiger partial charge in [-0.25, -0.2) is 17.1 Å². The number of aliphatic carboxylic acids is 1. The van der Waals surface area contributed by atoms with E-state index >= 15 is 0 Å². The van der Waals surface area contributed by atoms with Crippen LogP contribution in [0.2, 0.25) is 0 Å². The summed E-state index contributed by atoms with van der Waals surface area (Å²) in [4.78, 5) is 19.6. The van der Waals surface area contributed by atoms with E-state index in [9.17, 15) is 27.7 Å². The Balaban J connectivity index is 3.33. The van der Waals surface area contributed by atoms with Crippen molar-refractivity contribution in [1.82, 2.24) is 4.31 Å². The lowest BCUT2D eigenvalue weighted by Crippen LogP contribution is -2.29. The van der Waals surface area contributed by atoms with Crippen molar-refractivity contribution in [2.45, 2.75) is 11.3 Å². The smallest absolute Gasteiger partial charge is 0.304 e. The number of hydrogen-bond acceptors (Lipinski definition) is 5. The van der Waals surface area contributed by atoms with E-state index in [1.165, 1.54) is 0 Å². The third kappa shape index (κ3) is 3.95. The van der Waals surface area contributed by atoms with Gasteiger partial charge in [-0.05, 0) is 22.0 Å². The molecule has 0 saturated heterocycles. The van der Waals surface area contributed by atoms with Gasteiger partial charge in [-0.3, -0.25) is 14.9 Å². The van der Waals surface area contributed by atoms with Crippen molar-refractivity contribution in [3.05, 3.63) is 32.5 Å². The summed E-state index contributed by atoms with van der Waals surface area (Å²) < 4.78 is 38.2. The quantitative estimate of drug-likeness (QED) is 0.587. The lowest BCUT2D eigenvalue weighted by molar-refractivity contribution is -0.388. The summed E-state index contributed by atoms with van der Waals surface area (Å²) in [5.74, 6) is -2.19. The van der Waals surface area contributed by atoms with Crippen LogP contribution in [0.1, 0.15) is 6.42 Å². The van der Waals surface area contributed by atoms with Crippen LogP contribution in [0.5, 0.6) is 0 Å². The molecule has 0 saturated carbocycles. The number of nitro benzene ring substituents is 1. The van der Waals surface area contributed by atoms with Crippen molar-refractivity contribution in [3.63, 3.8) is 0 Å². The SMILES string of the molecule is CN(CCC(=O)O)S(=O)(=O)c1cc(Br)c(F)cc1[N+](=O)[O-]. The van der Waals surface area contributed by atoms with Crippen molar-refractivity contribution in [2.75, 3.05) is 13.6 Å². The van der Waals surface area contributed by atoms with Crippen LogP contribution in [0.25, 0.3) is 0 Å². The van der Waals surface area contributed by atoms with Crippen molar-refractivity contribution >= 4 is 37.6 Å². The molecule has 1 N–H and O–H groups in total. The van der Waals surface area contributed by atoms with Crippen molar-refractivity contribution in [1.29, 1.82) is 0 Å². The maximum absolute atomic E-state index is 13.3. The van der Waals surface area contributed by atoms with Gasteiger partial charge >= 0.3 is 5.97 Å². The van der Waals surface area contributed by atoms with Gasteiger partial charge in [0, 0.05) is 13.6 Å². The summed E-state index contributed by atoms with van der Waals surface area (Å²) in [6.07, 6.45) is -0.466. The van der Waals surface area contributed by atoms with E-state index in [2.05, 4.69) is 15.9 Å². The Morgan fingerprint density at radius 2 is 2.10 bits per heavy atom. The Hall–Kier alpha value is -1.59. The van der Waals surface area contributed by atoms with Crippen LogP contribution in [-0.2, 0) is 14.8 Å². The summed E-state index contributed by atoms with van der Waals surface area (Å²) in [6, 6.07) is 1.27. The Kier molecular flexibility index (Phi) is 5.36. The third-order valence-electron chi connectivity index (χ3n) is 2.53. The normalized spacial score (nSPS) is 11.6. The predicted molar refractivity (Wildman–Crippen MR) is 72.8 cm³/mol. The topological polar surface area (TPSA) is 118 Å². The average Bonchev–Trinajstić information content (AvgIpc) is 2.37. The first-order chi connectivity index (χ1) is 9.57. The molecule has 0 heterocycles. The lowest BCUT2D eigenvalue weighted by Gasteiger charge is -2.16. The zero-order valence-corrected chi connectivity index (χ0v) is 13.0. The van der Waals surface area contributed by atoms with Gasteiger partial charge in [0.05, 0.1) is 21.9 Å². The molecule has 0 aliphatic heterocycles. The van der Waals surface area contributed by atoms with Crippen molar-refractivity contribution < 1.29 is 27.6 Å². The van der Waals surface area contributed by atoms with Crippen LogP contribution in [0.4, 0.5) is 10.1 Å². The fourth-order valence-electron chi connectivity index (χ4n) is 1.41. The third-order valence-corrected chi connectivity index (χ3v) is 5.02. The molecule has 0 aliphatic rings. The molecular weight excluding hydrogens is 375 g/mol. The first-order valence-corrected chi connectivity index (χ1v) is 7.62. The maximum atomic E-state index is 13.3. The molecule has 0 amide bonds. The van der Waals surface area contributed by atoms with Crippen LogP contribution in [-0.4, -0.2) is 42.3 Å². The van der Waals surface area contributed by atoms with Gasteiger partial charge in [0.1, 0.15) is 5.82 Å². The number of rotatable bonds is 6. The number of nitrogens with zero attached hydrogens (tertiary/aromatic N) is 2. The zero-order chi connectivity index (χ0) is 16.4. The summed E-state index contributed by atoms with van der Waals surface area (Å²) >= 11 is 2.76. The van der Waals surface area contributed by atoms with Crippen LogP contribution in [0, 0.1) is 15.9 Å². The first-order valence-electron chi connectivity index (χ1n) is 5.39. The van der Waals surface area contributed by atoms with Crippen LogP contribution < -0.4 is 0 Å². The van der Waals surface area contributed by atoms with Gasteiger partial charge < -0.3 is 5.11 Å². The number of carbonyl (C=O) groups is 1. The van der Waals surface area contributed by atoms with Gasteiger partial charge in [0.2, 0.25) is 10.0 Å². The summed E-state index contributed by atoms with van der Waals surface area (Å²) in [6.45, 7) is -0.371. The average molecular weight is 385 g/mol. The molecule has 21 heavy (non-hydrogen) atoms. The summed E-state index contributed by atoms with van der Waals surface area (Å²) in [5, 5.41) is 19.4. The summed E-state index contributed by atoms with van der Waals surface area (Å²) in [5.41, 5.74) is -0.919. The molecule has 11 heteroatoms. The highest BCUT2D eigenvalue weighted by Crippen LogP contribution is 2.31. The minimum absolute atomic E-state index is 0.252. The molecule has 8 nitrogen and oxygen atoms in total. The second-order valence-corrected chi connectivity index (χ2v) is 6.83. The van der Waals surface area contributed by atoms with Crippen LogP contribution in [0.3, 0.4) is 0 Å². The summed E-state index contributed by atoms with van der Waals surface area (Å²) in [7, 11) is -3.24. The maximum Gasteiger partial charge on any atom is 0.304 e. The van der Waals surface area contributed by atoms with Gasteiger partial charge in [0.15, 0.2) is 4.90 Å². The van der Waals surface area contributed by atoms with E-state index in [0.29, 0.717) is 10.4 Å². The standard InChI is InChI=1S/C10H10BrFN2O6S/c1-13(3-2-10(15)16)21(19,20)9-4-6(11)7(12)5-8(9)14(17)18/h4-5H,2-3H2,1H3,(H,15,16). The molecular formula is C10H10BrFN2O6S. The molecule has 1 aromatic rings. The molecule has 0 atom stereocenters. The number of sulfonamides is 1. The second kappa shape index (κ2) is 6.45. The lowest BCUT2D eigenvalue weighted by atomic mass is 10.3. The highest BCUT2D eigenvalue weighted by atomic mass is 79.9. The number of nitro groups is 1. The first kappa shape index (κ1) is 17.5. The molecule has 116 valence electrons. The van der Waals surface area contributed by atoms with Crippen LogP contribution in [0.15, 0.2) is 21.5 Å². The number of hydrogen-bond donors (Lipinski definition) is 1.